The van der Waals surface area contributed by atoms with Crippen molar-refractivity contribution < 1.29 is 18.0 Å². The molecule has 0 fully saturated rings. The molecule has 0 saturated carbocycles. The van der Waals surface area contributed by atoms with Crippen molar-refractivity contribution in [1.29, 1.82) is 0 Å². The molecule has 0 radical (unpaired) electrons. The van der Waals surface area contributed by atoms with Crippen molar-refractivity contribution in [2.24, 2.45) is 5.73 Å². The number of rotatable bonds is 10. The first kappa shape index (κ1) is 27.7. The van der Waals surface area contributed by atoms with Gasteiger partial charge in [0.1, 0.15) is 6.04 Å². The third kappa shape index (κ3) is 7.16. The first-order valence-electron chi connectivity index (χ1n) is 12.2. The van der Waals surface area contributed by atoms with Crippen molar-refractivity contribution in [2.75, 3.05) is 6.26 Å². The van der Waals surface area contributed by atoms with E-state index in [9.17, 15) is 18.0 Å². The lowest BCUT2D eigenvalue weighted by atomic mass is 10.0. The zero-order valence-electron chi connectivity index (χ0n) is 21.5. The Balaban J connectivity index is 1.60. The standard InChI is InChI=1S/C28H32N4O4S2/c1-28(2,29)27(34)30-23(16-21-17-37-24-11-7-6-10-22(21)24)26(33)31-25(32-38(3,35)36)15-18-12-13-19-8-4-5-9-20(19)14-18/h4-14,17,23,25,32H,15-16,29H2,1-3H3,(H,30,34)(H,31,33)/t23-,25-/m1/s1. The second kappa shape index (κ2) is 11.2. The molecule has 3 aromatic carbocycles. The van der Waals surface area contributed by atoms with Crippen LogP contribution in [0.2, 0.25) is 0 Å². The Morgan fingerprint density at radius 1 is 0.947 bits per heavy atom. The van der Waals surface area contributed by atoms with E-state index in [2.05, 4.69) is 15.4 Å². The normalized spacial score (nSPS) is 13.8. The molecule has 1 heterocycles. The van der Waals surface area contributed by atoms with E-state index in [4.69, 9.17) is 5.73 Å². The predicted octanol–water partition coefficient (Wildman–Crippen LogP) is 3.05. The van der Waals surface area contributed by atoms with Crippen LogP contribution in [0.3, 0.4) is 0 Å². The number of thiophene rings is 1. The van der Waals surface area contributed by atoms with Crippen molar-refractivity contribution in [2.45, 2.75) is 44.4 Å². The highest BCUT2D eigenvalue weighted by Gasteiger charge is 2.30. The molecule has 4 aromatic rings. The molecular formula is C28H32N4O4S2. The van der Waals surface area contributed by atoms with E-state index < -0.39 is 39.6 Å². The lowest BCUT2D eigenvalue weighted by molar-refractivity contribution is -0.131. The highest BCUT2D eigenvalue weighted by Crippen LogP contribution is 2.27. The van der Waals surface area contributed by atoms with E-state index in [-0.39, 0.29) is 12.8 Å². The number of carbonyl (C=O) groups is 2. The molecule has 0 unspecified atom stereocenters. The van der Waals surface area contributed by atoms with Gasteiger partial charge in [-0.3, -0.25) is 9.59 Å². The Morgan fingerprint density at radius 3 is 2.34 bits per heavy atom. The number of nitrogens with two attached hydrogens (primary N) is 1. The van der Waals surface area contributed by atoms with Gasteiger partial charge in [0.25, 0.3) is 0 Å². The zero-order chi connectivity index (χ0) is 27.5. The van der Waals surface area contributed by atoms with Crippen LogP contribution in [-0.2, 0) is 32.5 Å². The predicted molar refractivity (Wildman–Crippen MR) is 153 cm³/mol. The summed E-state index contributed by atoms with van der Waals surface area (Å²) in [5.41, 5.74) is 6.54. The van der Waals surface area contributed by atoms with Gasteiger partial charge >= 0.3 is 0 Å². The molecule has 4 rings (SSSR count). The van der Waals surface area contributed by atoms with E-state index in [1.165, 1.54) is 0 Å². The maximum atomic E-state index is 13.6. The molecule has 0 saturated heterocycles. The summed E-state index contributed by atoms with van der Waals surface area (Å²) in [6, 6.07) is 20.5. The molecule has 0 aliphatic carbocycles. The van der Waals surface area contributed by atoms with Crippen LogP contribution in [0.1, 0.15) is 25.0 Å². The average molecular weight is 553 g/mol. The van der Waals surface area contributed by atoms with Gasteiger partial charge in [-0.2, -0.15) is 4.72 Å². The first-order chi connectivity index (χ1) is 17.9. The summed E-state index contributed by atoms with van der Waals surface area (Å²) in [5, 5.41) is 10.6. The maximum absolute atomic E-state index is 13.6. The number of nitrogens with one attached hydrogen (secondary N) is 3. The van der Waals surface area contributed by atoms with Crippen LogP contribution in [0, 0.1) is 0 Å². The Hall–Kier alpha value is -3.31. The van der Waals surface area contributed by atoms with Crippen LogP contribution in [0.4, 0.5) is 0 Å². The minimum atomic E-state index is -3.65. The second-order valence-corrected chi connectivity index (χ2v) is 12.7. The fraction of sp³-hybridized carbons (Fsp3) is 0.286. The second-order valence-electron chi connectivity index (χ2n) is 10.0. The van der Waals surface area contributed by atoms with Crippen molar-refractivity contribution in [1.82, 2.24) is 15.4 Å². The van der Waals surface area contributed by atoms with Gasteiger partial charge in [0.15, 0.2) is 0 Å². The summed E-state index contributed by atoms with van der Waals surface area (Å²) >= 11 is 1.56. The average Bonchev–Trinajstić information content (AvgIpc) is 3.24. The molecule has 5 N–H and O–H groups in total. The van der Waals surface area contributed by atoms with Gasteiger partial charge in [0.2, 0.25) is 21.8 Å². The monoisotopic (exact) mass is 552 g/mol. The lowest BCUT2D eigenvalue weighted by Gasteiger charge is -2.26. The molecule has 10 heteroatoms. The number of fused-ring (bicyclic) bond motifs is 2. The maximum Gasteiger partial charge on any atom is 0.244 e. The SMILES string of the molecule is CC(C)(N)C(=O)N[C@H](Cc1csc2ccccc12)C(=O)N[C@@H](Cc1ccc2ccccc2c1)NS(C)(=O)=O. The van der Waals surface area contributed by atoms with Gasteiger partial charge < -0.3 is 16.4 Å². The summed E-state index contributed by atoms with van der Waals surface area (Å²) in [6.45, 7) is 3.12. The quantitative estimate of drug-likeness (QED) is 0.225. The van der Waals surface area contributed by atoms with E-state index in [1.807, 2.05) is 72.1 Å². The topological polar surface area (TPSA) is 130 Å². The highest BCUT2D eigenvalue weighted by molar-refractivity contribution is 7.88. The molecular weight excluding hydrogens is 520 g/mol. The Labute approximate surface area is 226 Å². The summed E-state index contributed by atoms with van der Waals surface area (Å²) in [4.78, 5) is 26.3. The largest absolute Gasteiger partial charge is 0.342 e. The van der Waals surface area contributed by atoms with Gasteiger partial charge in [-0.25, -0.2) is 8.42 Å². The Bertz CT molecular complexity index is 1570. The van der Waals surface area contributed by atoms with Crippen LogP contribution in [-0.4, -0.2) is 44.2 Å². The van der Waals surface area contributed by atoms with Crippen molar-refractivity contribution in [3.05, 3.63) is 83.2 Å². The van der Waals surface area contributed by atoms with Crippen LogP contribution in [0.15, 0.2) is 72.1 Å². The minimum Gasteiger partial charge on any atom is -0.342 e. The van der Waals surface area contributed by atoms with E-state index >= 15 is 0 Å². The van der Waals surface area contributed by atoms with Gasteiger partial charge in [-0.05, 0) is 52.6 Å². The number of hydrogen-bond donors (Lipinski definition) is 4. The number of hydrogen-bond acceptors (Lipinski definition) is 6. The van der Waals surface area contributed by atoms with Crippen molar-refractivity contribution in [3.63, 3.8) is 0 Å². The molecule has 2 amide bonds. The third-order valence-electron chi connectivity index (χ3n) is 6.12. The minimum absolute atomic E-state index is 0.216. The number of sulfonamides is 1. The summed E-state index contributed by atoms with van der Waals surface area (Å²) in [6.07, 6.45) is 0.552. The molecule has 200 valence electrons. The van der Waals surface area contributed by atoms with Gasteiger partial charge in [-0.15, -0.1) is 11.3 Å². The van der Waals surface area contributed by atoms with Crippen LogP contribution >= 0.6 is 11.3 Å². The molecule has 2 atom stereocenters. The van der Waals surface area contributed by atoms with Crippen molar-refractivity contribution >= 4 is 54.0 Å². The fourth-order valence-electron chi connectivity index (χ4n) is 4.22. The molecule has 1 aromatic heterocycles. The molecule has 0 bridgehead atoms. The Morgan fingerprint density at radius 2 is 1.63 bits per heavy atom. The molecule has 0 aliphatic heterocycles. The van der Waals surface area contributed by atoms with Gasteiger partial charge in [0.05, 0.1) is 18.0 Å². The molecule has 0 spiro atoms. The molecule has 0 aliphatic rings. The number of amides is 2. The lowest BCUT2D eigenvalue weighted by Crippen LogP contribution is -2.59. The van der Waals surface area contributed by atoms with Gasteiger partial charge in [0, 0.05) is 17.5 Å². The van der Waals surface area contributed by atoms with Gasteiger partial charge in [-0.1, -0.05) is 60.7 Å². The summed E-state index contributed by atoms with van der Waals surface area (Å²) in [7, 11) is -3.65. The van der Waals surface area contributed by atoms with E-state index in [0.29, 0.717) is 0 Å². The van der Waals surface area contributed by atoms with E-state index in [1.54, 1.807) is 25.2 Å². The smallest absolute Gasteiger partial charge is 0.244 e. The fourth-order valence-corrected chi connectivity index (χ4v) is 5.85. The first-order valence-corrected chi connectivity index (χ1v) is 15.0. The Kier molecular flexibility index (Phi) is 8.17. The molecule has 8 nitrogen and oxygen atoms in total. The van der Waals surface area contributed by atoms with Crippen LogP contribution in [0.5, 0.6) is 0 Å². The summed E-state index contributed by atoms with van der Waals surface area (Å²) < 4.78 is 27.9. The molecule has 38 heavy (non-hydrogen) atoms. The van der Waals surface area contributed by atoms with E-state index in [0.717, 1.165) is 38.2 Å². The number of benzene rings is 3. The zero-order valence-corrected chi connectivity index (χ0v) is 23.2. The summed E-state index contributed by atoms with van der Waals surface area (Å²) in [5.74, 6) is -1.00. The number of carbonyl (C=O) groups excluding carboxylic acids is 2. The highest BCUT2D eigenvalue weighted by atomic mass is 32.2. The van der Waals surface area contributed by atoms with Crippen LogP contribution in [0.25, 0.3) is 20.9 Å². The van der Waals surface area contributed by atoms with Crippen molar-refractivity contribution in [3.8, 4) is 0 Å². The van der Waals surface area contributed by atoms with Crippen LogP contribution < -0.4 is 21.1 Å². The third-order valence-corrected chi connectivity index (χ3v) is 7.84.